The molecule has 1 N–H and O–H groups in total. The lowest BCUT2D eigenvalue weighted by Crippen LogP contribution is -2.59. The fourth-order valence-corrected chi connectivity index (χ4v) is 5.10. The van der Waals surface area contributed by atoms with E-state index in [0.717, 1.165) is 43.6 Å². The largest absolute Gasteiger partial charge is 0.344 e. The Bertz CT molecular complexity index is 1170. The van der Waals surface area contributed by atoms with Crippen molar-refractivity contribution in [2.45, 2.75) is 65.0 Å². The third-order valence-corrected chi connectivity index (χ3v) is 7.24. The number of hydrogen-bond donors (Lipinski definition) is 1. The summed E-state index contributed by atoms with van der Waals surface area (Å²) in [6, 6.07) is 16.2. The van der Waals surface area contributed by atoms with Crippen LogP contribution >= 0.6 is 11.3 Å². The van der Waals surface area contributed by atoms with Crippen molar-refractivity contribution in [3.63, 3.8) is 0 Å². The van der Waals surface area contributed by atoms with E-state index in [9.17, 15) is 9.59 Å². The predicted octanol–water partition coefficient (Wildman–Crippen LogP) is 5.26. The molecule has 1 fully saturated rings. The first kappa shape index (κ1) is 26.5. The molecule has 1 aliphatic heterocycles. The van der Waals surface area contributed by atoms with Crippen molar-refractivity contribution in [3.05, 3.63) is 64.7 Å². The van der Waals surface area contributed by atoms with Gasteiger partial charge in [-0.25, -0.2) is 4.98 Å². The van der Waals surface area contributed by atoms with Crippen LogP contribution in [0.5, 0.6) is 0 Å². The van der Waals surface area contributed by atoms with Crippen LogP contribution in [-0.4, -0.2) is 40.2 Å². The molecule has 2 heterocycles. The summed E-state index contributed by atoms with van der Waals surface area (Å²) in [5, 5.41) is 11.4. The number of benzene rings is 2. The molecule has 3 aromatic rings. The number of nitrogens with zero attached hydrogens (tertiary/aromatic N) is 3. The quantitative estimate of drug-likeness (QED) is 0.488. The Balaban J connectivity index is 0.000000287. The number of aryl methyl sites for hydroxylation is 1. The number of nitrogens with one attached hydrogen (secondary N) is 1. The number of ketones is 1. The Morgan fingerprint density at radius 1 is 1.11 bits per heavy atom. The molecule has 0 unspecified atom stereocenters. The van der Waals surface area contributed by atoms with Crippen LogP contribution in [0.15, 0.2) is 48.0 Å². The van der Waals surface area contributed by atoms with Gasteiger partial charge in [-0.05, 0) is 61.1 Å². The molecule has 1 aromatic heterocycles. The lowest BCUT2D eigenvalue weighted by atomic mass is 9.81. The maximum absolute atomic E-state index is 12.6. The van der Waals surface area contributed by atoms with E-state index < -0.39 is 5.54 Å². The molecule has 0 saturated carbocycles. The number of amides is 1. The molecule has 2 aromatic carbocycles. The zero-order chi connectivity index (χ0) is 25.3. The predicted molar refractivity (Wildman–Crippen MR) is 141 cm³/mol. The summed E-state index contributed by atoms with van der Waals surface area (Å²) < 4.78 is 1.21. The highest BCUT2D eigenvalue weighted by atomic mass is 32.1. The van der Waals surface area contributed by atoms with Crippen LogP contribution in [0.25, 0.3) is 10.2 Å². The van der Waals surface area contributed by atoms with E-state index in [-0.39, 0.29) is 11.7 Å². The molecule has 0 aliphatic carbocycles. The van der Waals surface area contributed by atoms with Gasteiger partial charge in [-0.1, -0.05) is 32.0 Å². The second-order valence-electron chi connectivity index (χ2n) is 9.03. The number of Topliss-reactive ketones (excluding diaryl/α,β-unsaturated/α-hetero) is 1. The minimum Gasteiger partial charge on any atom is -0.344 e. The van der Waals surface area contributed by atoms with Crippen molar-refractivity contribution in [2.24, 2.45) is 0 Å². The Morgan fingerprint density at radius 2 is 1.80 bits per heavy atom. The van der Waals surface area contributed by atoms with Crippen LogP contribution in [0.3, 0.4) is 0 Å². The number of fused-ring (bicyclic) bond motifs is 1. The summed E-state index contributed by atoms with van der Waals surface area (Å²) in [4.78, 5) is 30.9. The summed E-state index contributed by atoms with van der Waals surface area (Å²) in [6.45, 7) is 8.07. The fourth-order valence-electron chi connectivity index (χ4n) is 4.44. The second-order valence-corrected chi connectivity index (χ2v) is 9.92. The van der Waals surface area contributed by atoms with Crippen molar-refractivity contribution >= 4 is 33.2 Å². The number of likely N-dealkylation sites (tertiary alicyclic amines) is 1. The van der Waals surface area contributed by atoms with Gasteiger partial charge in [0.2, 0.25) is 5.91 Å². The van der Waals surface area contributed by atoms with Crippen LogP contribution in [0.2, 0.25) is 0 Å². The van der Waals surface area contributed by atoms with Crippen molar-refractivity contribution in [3.8, 4) is 6.07 Å². The molecule has 1 amide bonds. The molecule has 184 valence electrons. The molecule has 1 aliphatic rings. The average molecular weight is 491 g/mol. The van der Waals surface area contributed by atoms with Crippen molar-refractivity contribution in [1.29, 1.82) is 5.26 Å². The van der Waals surface area contributed by atoms with Crippen LogP contribution in [0.1, 0.15) is 63.1 Å². The Morgan fingerprint density at radius 3 is 2.40 bits per heavy atom. The van der Waals surface area contributed by atoms with Gasteiger partial charge < -0.3 is 5.32 Å². The van der Waals surface area contributed by atoms with Gasteiger partial charge in [0, 0.05) is 33.0 Å². The Labute approximate surface area is 212 Å². The van der Waals surface area contributed by atoms with Crippen molar-refractivity contribution < 1.29 is 9.59 Å². The van der Waals surface area contributed by atoms with Gasteiger partial charge in [-0.2, -0.15) is 5.26 Å². The first-order valence-corrected chi connectivity index (χ1v) is 13.1. The average Bonchev–Trinajstić information content (AvgIpc) is 3.33. The van der Waals surface area contributed by atoms with Gasteiger partial charge >= 0.3 is 0 Å². The fraction of sp³-hybridized carbons (Fsp3) is 0.429. The normalized spacial score (nSPS) is 15.0. The van der Waals surface area contributed by atoms with Crippen molar-refractivity contribution in [1.82, 2.24) is 15.2 Å². The molecule has 0 spiro atoms. The Kier molecular flexibility index (Phi) is 9.53. The lowest BCUT2D eigenvalue weighted by molar-refractivity contribution is -0.133. The van der Waals surface area contributed by atoms with Gasteiger partial charge in [-0.3, -0.25) is 14.5 Å². The van der Waals surface area contributed by atoms with Gasteiger partial charge in [0.1, 0.15) is 5.54 Å². The third kappa shape index (κ3) is 7.20. The molecule has 0 bridgehead atoms. The molecular formula is C28H34N4O2S. The van der Waals surface area contributed by atoms with Crippen LogP contribution in [0.4, 0.5) is 0 Å². The third-order valence-electron chi connectivity index (χ3n) is 6.43. The highest BCUT2D eigenvalue weighted by molar-refractivity contribution is 7.16. The number of piperidine rings is 1. The van der Waals surface area contributed by atoms with E-state index in [0.29, 0.717) is 19.3 Å². The van der Waals surface area contributed by atoms with Gasteiger partial charge in [0.25, 0.3) is 0 Å². The number of aromatic nitrogens is 1. The summed E-state index contributed by atoms with van der Waals surface area (Å²) in [5.41, 5.74) is 5.50. The van der Waals surface area contributed by atoms with Crippen LogP contribution < -0.4 is 5.32 Å². The van der Waals surface area contributed by atoms with Crippen molar-refractivity contribution in [2.75, 3.05) is 13.1 Å². The summed E-state index contributed by atoms with van der Waals surface area (Å²) in [7, 11) is 0. The zero-order valence-electron chi connectivity index (χ0n) is 20.8. The lowest BCUT2D eigenvalue weighted by Gasteiger charge is -2.41. The SMILES string of the molecule is CCCC(=O)C1(NC(C)=O)CCN(Cc2ccc3scnc3c2)CC1.CCc1ccc(C#N)cc1. The molecule has 7 heteroatoms. The van der Waals surface area contributed by atoms with Crippen LogP contribution in [0, 0.1) is 11.3 Å². The Hall–Kier alpha value is -3.08. The summed E-state index contributed by atoms with van der Waals surface area (Å²) in [5.74, 6) is 0.0561. The first-order valence-electron chi connectivity index (χ1n) is 12.2. The highest BCUT2D eigenvalue weighted by Gasteiger charge is 2.40. The number of carbonyl (C=O) groups excluding carboxylic acids is 2. The number of hydrogen-bond acceptors (Lipinski definition) is 6. The number of rotatable bonds is 7. The van der Waals surface area contributed by atoms with E-state index in [1.54, 1.807) is 11.3 Å². The number of nitriles is 1. The number of thiazole rings is 1. The summed E-state index contributed by atoms with van der Waals surface area (Å²) >= 11 is 1.65. The maximum Gasteiger partial charge on any atom is 0.217 e. The molecule has 4 rings (SSSR count). The smallest absolute Gasteiger partial charge is 0.217 e. The maximum atomic E-state index is 12.6. The van der Waals surface area contributed by atoms with Crippen LogP contribution in [-0.2, 0) is 22.6 Å². The standard InChI is InChI=1S/C19H25N3O2S.C9H9N/c1-3-4-18(24)19(21-14(2)23)7-9-22(10-8-19)12-15-5-6-17-16(11-15)20-13-25-17;1-2-8-3-5-9(7-10)6-4-8/h5-6,11,13H,3-4,7-10,12H2,1-2H3,(H,21,23);3-6H,2H2,1H3. The van der Waals surface area contributed by atoms with E-state index in [1.807, 2.05) is 36.7 Å². The minimum absolute atomic E-state index is 0.119. The van der Waals surface area contributed by atoms with E-state index in [1.165, 1.54) is 22.8 Å². The van der Waals surface area contributed by atoms with E-state index in [4.69, 9.17) is 5.26 Å². The number of carbonyl (C=O) groups is 2. The molecule has 6 nitrogen and oxygen atoms in total. The molecule has 0 atom stereocenters. The molecule has 35 heavy (non-hydrogen) atoms. The molecule has 0 radical (unpaired) electrons. The highest BCUT2D eigenvalue weighted by Crippen LogP contribution is 2.27. The molecule has 1 saturated heterocycles. The topological polar surface area (TPSA) is 86.1 Å². The van der Waals surface area contributed by atoms with E-state index in [2.05, 4.69) is 46.4 Å². The van der Waals surface area contributed by atoms with E-state index >= 15 is 0 Å². The minimum atomic E-state index is -0.669. The van der Waals surface area contributed by atoms with Gasteiger partial charge in [0.05, 0.1) is 27.4 Å². The molecular weight excluding hydrogens is 456 g/mol. The van der Waals surface area contributed by atoms with Gasteiger partial charge in [-0.15, -0.1) is 11.3 Å². The monoisotopic (exact) mass is 490 g/mol. The second kappa shape index (κ2) is 12.6. The first-order chi connectivity index (χ1) is 16.9. The zero-order valence-corrected chi connectivity index (χ0v) is 21.7. The van der Waals surface area contributed by atoms with Gasteiger partial charge in [0.15, 0.2) is 5.78 Å². The summed E-state index contributed by atoms with van der Waals surface area (Å²) in [6.07, 6.45) is 3.75.